The Labute approximate surface area is 215 Å². The number of hydrogen-bond donors (Lipinski definition) is 4. The molecule has 0 aromatic heterocycles. The van der Waals surface area contributed by atoms with Crippen LogP contribution >= 0.6 is 0 Å². The number of nitrogens with zero attached hydrogens (tertiary/aromatic N) is 1. The quantitative estimate of drug-likeness (QED) is 0.264. The standard InChI is InChI=1S/C28H42N4O4/c1-21(2)18-26(32(3)4)28(35)31-25(27(34)30-15-14-29-16-17-33)19-22-10-12-24(13-11-22)36-20-23-8-6-5-7-9-23/h5-13,21,25-26,29,33H,14-20H2,1-4H3,(H,30,34)(H,31,35)/t25-,26-/m0/s1. The predicted molar refractivity (Wildman–Crippen MR) is 143 cm³/mol. The number of carbonyl (C=O) groups is 2. The Morgan fingerprint density at radius 1 is 0.917 bits per heavy atom. The van der Waals surface area contributed by atoms with E-state index in [9.17, 15) is 9.59 Å². The lowest BCUT2D eigenvalue weighted by Gasteiger charge is -2.27. The molecule has 0 fully saturated rings. The van der Waals surface area contributed by atoms with Gasteiger partial charge in [-0.3, -0.25) is 14.5 Å². The Morgan fingerprint density at radius 2 is 1.61 bits per heavy atom. The molecule has 8 heteroatoms. The van der Waals surface area contributed by atoms with E-state index < -0.39 is 6.04 Å². The van der Waals surface area contributed by atoms with Crippen molar-refractivity contribution >= 4 is 11.8 Å². The van der Waals surface area contributed by atoms with E-state index in [0.29, 0.717) is 45.0 Å². The van der Waals surface area contributed by atoms with Gasteiger partial charge in [0.05, 0.1) is 12.6 Å². The first-order chi connectivity index (χ1) is 17.3. The zero-order chi connectivity index (χ0) is 26.3. The molecule has 2 atom stereocenters. The first-order valence-electron chi connectivity index (χ1n) is 12.6. The van der Waals surface area contributed by atoms with Crippen LogP contribution in [0.5, 0.6) is 5.75 Å². The van der Waals surface area contributed by atoms with Crippen LogP contribution in [0.3, 0.4) is 0 Å². The number of carbonyl (C=O) groups excluding carboxylic acids is 2. The lowest BCUT2D eigenvalue weighted by atomic mass is 10.0. The molecular formula is C28H42N4O4. The van der Waals surface area contributed by atoms with Crippen LogP contribution in [0.1, 0.15) is 31.4 Å². The zero-order valence-electron chi connectivity index (χ0n) is 22.0. The van der Waals surface area contributed by atoms with Crippen molar-refractivity contribution in [2.75, 3.05) is 40.3 Å². The summed E-state index contributed by atoms with van der Waals surface area (Å²) in [7, 11) is 3.76. The summed E-state index contributed by atoms with van der Waals surface area (Å²) in [5.74, 6) is 0.694. The second kappa shape index (κ2) is 15.9. The molecule has 2 aromatic carbocycles. The van der Waals surface area contributed by atoms with Gasteiger partial charge in [0.1, 0.15) is 18.4 Å². The van der Waals surface area contributed by atoms with Gasteiger partial charge in [0.15, 0.2) is 0 Å². The third kappa shape index (κ3) is 10.8. The van der Waals surface area contributed by atoms with Crippen molar-refractivity contribution in [2.45, 2.75) is 45.4 Å². The predicted octanol–water partition coefficient (Wildman–Crippen LogP) is 1.97. The van der Waals surface area contributed by atoms with Gasteiger partial charge in [-0.15, -0.1) is 0 Å². The van der Waals surface area contributed by atoms with Crippen LogP contribution in [0.2, 0.25) is 0 Å². The number of likely N-dealkylation sites (N-methyl/N-ethyl adjacent to an activating group) is 1. The van der Waals surface area contributed by atoms with Gasteiger partial charge in [-0.25, -0.2) is 0 Å². The molecule has 0 saturated carbocycles. The van der Waals surface area contributed by atoms with Gasteiger partial charge in [-0.1, -0.05) is 56.3 Å². The molecule has 0 bridgehead atoms. The normalized spacial score (nSPS) is 12.9. The Morgan fingerprint density at radius 3 is 2.22 bits per heavy atom. The number of ether oxygens (including phenoxy) is 1. The van der Waals surface area contributed by atoms with E-state index in [-0.39, 0.29) is 24.5 Å². The van der Waals surface area contributed by atoms with Gasteiger partial charge >= 0.3 is 0 Å². The molecule has 0 saturated heterocycles. The Hall–Kier alpha value is -2.94. The highest BCUT2D eigenvalue weighted by atomic mass is 16.5. The van der Waals surface area contributed by atoms with Crippen LogP contribution in [-0.4, -0.2) is 74.2 Å². The van der Waals surface area contributed by atoms with Gasteiger partial charge in [-0.2, -0.15) is 0 Å². The first-order valence-corrected chi connectivity index (χ1v) is 12.6. The van der Waals surface area contributed by atoms with Crippen LogP contribution in [0, 0.1) is 5.92 Å². The molecule has 8 nitrogen and oxygen atoms in total. The SMILES string of the molecule is CC(C)C[C@@H](C(=O)N[C@@H](Cc1ccc(OCc2ccccc2)cc1)C(=O)NCCNCCO)N(C)C. The number of benzene rings is 2. The molecule has 0 spiro atoms. The molecule has 0 radical (unpaired) electrons. The molecule has 198 valence electrons. The fraction of sp³-hybridized carbons (Fsp3) is 0.500. The lowest BCUT2D eigenvalue weighted by Crippen LogP contribution is -2.54. The van der Waals surface area contributed by atoms with Gasteiger partial charge < -0.3 is 25.8 Å². The van der Waals surface area contributed by atoms with Crippen LogP contribution in [0.4, 0.5) is 0 Å². The van der Waals surface area contributed by atoms with Crippen molar-refractivity contribution in [3.63, 3.8) is 0 Å². The van der Waals surface area contributed by atoms with Crippen molar-refractivity contribution < 1.29 is 19.4 Å². The minimum Gasteiger partial charge on any atom is -0.489 e. The second-order valence-corrected chi connectivity index (χ2v) is 9.56. The van der Waals surface area contributed by atoms with Crippen molar-refractivity contribution in [2.24, 2.45) is 5.92 Å². The average Bonchev–Trinajstić information content (AvgIpc) is 2.86. The zero-order valence-corrected chi connectivity index (χ0v) is 22.0. The van der Waals surface area contributed by atoms with Crippen molar-refractivity contribution in [1.82, 2.24) is 20.9 Å². The summed E-state index contributed by atoms with van der Waals surface area (Å²) in [4.78, 5) is 28.0. The molecule has 0 aliphatic carbocycles. The minimum atomic E-state index is -0.707. The summed E-state index contributed by atoms with van der Waals surface area (Å²) in [5, 5.41) is 17.8. The number of amides is 2. The number of aliphatic hydroxyl groups excluding tert-OH is 1. The van der Waals surface area contributed by atoms with Crippen molar-refractivity contribution in [3.8, 4) is 5.75 Å². The summed E-state index contributed by atoms with van der Waals surface area (Å²) < 4.78 is 5.86. The molecular weight excluding hydrogens is 456 g/mol. The van der Waals surface area contributed by atoms with E-state index in [4.69, 9.17) is 9.84 Å². The van der Waals surface area contributed by atoms with E-state index in [2.05, 4.69) is 29.8 Å². The van der Waals surface area contributed by atoms with E-state index in [1.807, 2.05) is 73.6 Å². The molecule has 2 amide bonds. The van der Waals surface area contributed by atoms with E-state index >= 15 is 0 Å². The molecule has 2 aromatic rings. The number of aliphatic hydroxyl groups is 1. The van der Waals surface area contributed by atoms with Crippen molar-refractivity contribution in [3.05, 3.63) is 65.7 Å². The van der Waals surface area contributed by atoms with Gasteiger partial charge in [0.2, 0.25) is 11.8 Å². The van der Waals surface area contributed by atoms with Crippen LogP contribution in [0.15, 0.2) is 54.6 Å². The second-order valence-electron chi connectivity index (χ2n) is 9.56. The Kier molecular flexibility index (Phi) is 13.0. The molecule has 2 rings (SSSR count). The minimum absolute atomic E-state index is 0.0411. The highest BCUT2D eigenvalue weighted by molar-refractivity contribution is 5.90. The highest BCUT2D eigenvalue weighted by Gasteiger charge is 2.27. The maximum atomic E-state index is 13.1. The number of rotatable bonds is 16. The summed E-state index contributed by atoms with van der Waals surface area (Å²) in [5.41, 5.74) is 2.01. The number of nitrogens with one attached hydrogen (secondary N) is 3. The monoisotopic (exact) mass is 498 g/mol. The summed E-state index contributed by atoms with van der Waals surface area (Å²) in [6, 6.07) is 16.5. The molecule has 0 unspecified atom stereocenters. The smallest absolute Gasteiger partial charge is 0.242 e. The summed E-state index contributed by atoms with van der Waals surface area (Å²) >= 11 is 0. The van der Waals surface area contributed by atoms with Crippen molar-refractivity contribution in [1.29, 1.82) is 0 Å². The summed E-state index contributed by atoms with van der Waals surface area (Å²) in [6.07, 6.45) is 1.06. The molecule has 36 heavy (non-hydrogen) atoms. The van der Waals surface area contributed by atoms with Gasteiger partial charge in [-0.05, 0) is 49.7 Å². The first kappa shape index (κ1) is 29.3. The maximum absolute atomic E-state index is 13.1. The highest BCUT2D eigenvalue weighted by Crippen LogP contribution is 2.16. The van der Waals surface area contributed by atoms with Gasteiger partial charge in [0.25, 0.3) is 0 Å². The van der Waals surface area contributed by atoms with Crippen LogP contribution < -0.4 is 20.7 Å². The van der Waals surface area contributed by atoms with Crippen LogP contribution in [0.25, 0.3) is 0 Å². The topological polar surface area (TPSA) is 103 Å². The van der Waals surface area contributed by atoms with Gasteiger partial charge in [0, 0.05) is 26.1 Å². The molecule has 0 aliphatic rings. The lowest BCUT2D eigenvalue weighted by molar-refractivity contribution is -0.131. The van der Waals surface area contributed by atoms with E-state index in [1.165, 1.54) is 0 Å². The van der Waals surface area contributed by atoms with E-state index in [0.717, 1.165) is 16.9 Å². The molecule has 4 N–H and O–H groups in total. The average molecular weight is 499 g/mol. The third-order valence-electron chi connectivity index (χ3n) is 5.75. The molecule has 0 heterocycles. The largest absolute Gasteiger partial charge is 0.489 e. The Bertz CT molecular complexity index is 904. The fourth-order valence-corrected chi connectivity index (χ4v) is 3.78. The van der Waals surface area contributed by atoms with Crippen LogP contribution in [-0.2, 0) is 22.6 Å². The number of hydrogen-bond acceptors (Lipinski definition) is 6. The Balaban J connectivity index is 2.05. The summed E-state index contributed by atoms with van der Waals surface area (Å²) in [6.45, 7) is 6.08. The molecule has 0 aliphatic heterocycles. The van der Waals surface area contributed by atoms with E-state index in [1.54, 1.807) is 0 Å². The maximum Gasteiger partial charge on any atom is 0.242 e. The fourth-order valence-electron chi connectivity index (χ4n) is 3.78. The third-order valence-corrected chi connectivity index (χ3v) is 5.75.